The van der Waals surface area contributed by atoms with E-state index in [9.17, 15) is 27.6 Å². The second-order valence-electron chi connectivity index (χ2n) is 12.5. The van der Waals surface area contributed by atoms with Gasteiger partial charge in [0.05, 0.1) is 6.26 Å². The van der Waals surface area contributed by atoms with Crippen LogP contribution in [0.25, 0.3) is 43.8 Å². The Hall–Kier alpha value is -6.29. The lowest BCUT2D eigenvalue weighted by molar-refractivity contribution is 0.0589. The molecule has 15 heteroatoms. The van der Waals surface area contributed by atoms with E-state index in [1.807, 2.05) is 36.4 Å². The zero-order chi connectivity index (χ0) is 37.3. The summed E-state index contributed by atoms with van der Waals surface area (Å²) < 4.78 is 25.9. The van der Waals surface area contributed by atoms with Gasteiger partial charge in [-0.05, 0) is 71.3 Å². The number of nitrogens with zero attached hydrogens (tertiary/aromatic N) is 6. The second-order valence-corrected chi connectivity index (χ2v) is 13.9. The highest BCUT2D eigenvalue weighted by Crippen LogP contribution is 2.35. The molecule has 8 rings (SSSR count). The molecule has 0 bridgehead atoms. The zero-order valence-electron chi connectivity index (χ0n) is 28.3. The van der Waals surface area contributed by atoms with Gasteiger partial charge in [-0.15, -0.1) is 0 Å². The first-order chi connectivity index (χ1) is 25.5. The molecule has 266 valence electrons. The molecule has 0 radical (unpaired) electrons. The van der Waals surface area contributed by atoms with Gasteiger partial charge in [0.25, 0.3) is 33.7 Å². The Balaban J connectivity index is 0.000000817. The average Bonchev–Trinajstić information content (AvgIpc) is 3.16. The minimum atomic E-state index is -3.67. The van der Waals surface area contributed by atoms with Crippen molar-refractivity contribution in [3.63, 3.8) is 0 Å². The summed E-state index contributed by atoms with van der Waals surface area (Å²) in [6.07, 6.45) is 10.9. The van der Waals surface area contributed by atoms with E-state index in [1.54, 1.807) is 49.1 Å². The van der Waals surface area contributed by atoms with Gasteiger partial charge in [-0.3, -0.25) is 33.5 Å². The van der Waals surface area contributed by atoms with Gasteiger partial charge in [-0.25, -0.2) is 19.9 Å². The van der Waals surface area contributed by atoms with Crippen molar-refractivity contribution >= 4 is 55.3 Å². The van der Waals surface area contributed by atoms with E-state index < -0.39 is 10.1 Å². The fourth-order valence-electron chi connectivity index (χ4n) is 6.63. The number of amides is 4. The third kappa shape index (κ3) is 7.13. The maximum atomic E-state index is 13.7. The highest BCUT2D eigenvalue weighted by Gasteiger charge is 2.34. The SMILES string of the molecule is CS(=O)(=O)O.O=C1c2cccc3cc(-c4cncnc4)cc(c23)C(=O)N1CCCNCCN1C(=O)c2cccc3cc(-c4cncnc4)cc(c23)C1=O. The van der Waals surface area contributed by atoms with Gasteiger partial charge in [0.15, 0.2) is 0 Å². The number of imide groups is 2. The van der Waals surface area contributed by atoms with Gasteiger partial charge in [0.1, 0.15) is 12.7 Å². The fourth-order valence-corrected chi connectivity index (χ4v) is 6.63. The minimum Gasteiger partial charge on any atom is -0.315 e. The predicted molar refractivity (Wildman–Crippen MR) is 196 cm³/mol. The van der Waals surface area contributed by atoms with Gasteiger partial charge in [0, 0.05) is 88.6 Å². The number of carbonyl (C=O) groups excluding carboxylic acids is 4. The molecule has 4 heterocycles. The molecule has 2 aliphatic heterocycles. The molecule has 4 amide bonds. The third-order valence-electron chi connectivity index (χ3n) is 8.89. The number of rotatable bonds is 9. The summed E-state index contributed by atoms with van der Waals surface area (Å²) in [7, 11) is -3.67. The van der Waals surface area contributed by atoms with Crippen LogP contribution in [0.15, 0.2) is 98.1 Å². The molecule has 0 spiro atoms. The van der Waals surface area contributed by atoms with E-state index >= 15 is 0 Å². The molecule has 6 aromatic rings. The molecule has 0 fully saturated rings. The van der Waals surface area contributed by atoms with Crippen molar-refractivity contribution in [1.82, 2.24) is 35.1 Å². The van der Waals surface area contributed by atoms with E-state index in [-0.39, 0.29) is 36.7 Å². The lowest BCUT2D eigenvalue weighted by atomic mass is 9.91. The van der Waals surface area contributed by atoms with Crippen LogP contribution in [0, 0.1) is 0 Å². The van der Waals surface area contributed by atoms with Crippen molar-refractivity contribution in [1.29, 1.82) is 0 Å². The number of carbonyl (C=O) groups is 4. The van der Waals surface area contributed by atoms with Crippen molar-refractivity contribution in [2.45, 2.75) is 6.42 Å². The number of hydrogen-bond donors (Lipinski definition) is 2. The van der Waals surface area contributed by atoms with Crippen LogP contribution in [0.4, 0.5) is 0 Å². The Bertz CT molecular complexity index is 2380. The van der Waals surface area contributed by atoms with Crippen molar-refractivity contribution in [2.75, 3.05) is 32.4 Å². The summed E-state index contributed by atoms with van der Waals surface area (Å²) in [5, 5.41) is 6.18. The normalized spacial score (nSPS) is 13.8. The number of nitrogens with one attached hydrogen (secondary N) is 1. The fraction of sp³-hybridized carbons (Fsp3) is 0.158. The number of hydrogen-bond acceptors (Lipinski definition) is 11. The second kappa shape index (κ2) is 14.4. The summed E-state index contributed by atoms with van der Waals surface area (Å²) in [6.45, 7) is 1.19. The first kappa shape index (κ1) is 35.1. The van der Waals surface area contributed by atoms with Gasteiger partial charge in [-0.2, -0.15) is 8.42 Å². The molecule has 14 nitrogen and oxygen atoms in total. The standard InChI is InChI=1S/C37H27N7O4.CH4O3S/c45-34-28-6-1-4-22-12-24(26-16-39-20-40-17-26)14-30(32(22)28)36(47)43(34)10-3-8-38-9-11-44-35(46)29-7-2-5-23-13-25(27-18-41-21-42-19-27)15-31(33(23)29)37(44)48;1-5(2,3)4/h1-2,4-7,12-21,38H,3,8-11H2;1H3,(H,2,3,4). The van der Waals surface area contributed by atoms with Crippen molar-refractivity contribution in [3.8, 4) is 22.3 Å². The molecular formula is C38H31N7O7S. The summed E-state index contributed by atoms with van der Waals surface area (Å²) >= 11 is 0. The molecule has 0 aliphatic carbocycles. The van der Waals surface area contributed by atoms with Gasteiger partial charge in [-0.1, -0.05) is 24.3 Å². The molecule has 0 saturated heterocycles. The Morgan fingerprint density at radius 2 is 1.00 bits per heavy atom. The quantitative estimate of drug-likeness (QED) is 0.122. The van der Waals surface area contributed by atoms with Gasteiger partial charge < -0.3 is 5.32 Å². The molecule has 2 N–H and O–H groups in total. The first-order valence-corrected chi connectivity index (χ1v) is 18.3. The molecule has 2 aromatic heterocycles. The van der Waals surface area contributed by atoms with Crippen LogP contribution in [-0.2, 0) is 10.1 Å². The van der Waals surface area contributed by atoms with Crippen LogP contribution in [0.3, 0.4) is 0 Å². The monoisotopic (exact) mass is 729 g/mol. The highest BCUT2D eigenvalue weighted by molar-refractivity contribution is 7.85. The summed E-state index contributed by atoms with van der Waals surface area (Å²) in [6, 6.07) is 18.4. The molecule has 53 heavy (non-hydrogen) atoms. The molecule has 0 unspecified atom stereocenters. The summed E-state index contributed by atoms with van der Waals surface area (Å²) in [5.41, 5.74) is 5.04. The maximum Gasteiger partial charge on any atom is 0.261 e. The minimum absolute atomic E-state index is 0.162. The lowest BCUT2D eigenvalue weighted by Gasteiger charge is -2.28. The van der Waals surface area contributed by atoms with E-state index in [4.69, 9.17) is 4.55 Å². The Labute approximate surface area is 303 Å². The molecule has 4 aromatic carbocycles. The van der Waals surface area contributed by atoms with Crippen LogP contribution in [-0.4, -0.2) is 98.8 Å². The molecular weight excluding hydrogens is 699 g/mol. The Kier molecular flexibility index (Phi) is 9.53. The smallest absolute Gasteiger partial charge is 0.261 e. The van der Waals surface area contributed by atoms with Crippen LogP contribution in [0.1, 0.15) is 47.9 Å². The Morgan fingerprint density at radius 3 is 1.45 bits per heavy atom. The number of aromatic nitrogens is 4. The summed E-state index contributed by atoms with van der Waals surface area (Å²) in [5.74, 6) is -1.37. The molecule has 2 aliphatic rings. The van der Waals surface area contributed by atoms with Crippen molar-refractivity contribution < 1.29 is 32.1 Å². The van der Waals surface area contributed by atoms with E-state index in [2.05, 4.69) is 25.3 Å². The Morgan fingerprint density at radius 1 is 0.585 bits per heavy atom. The molecule has 0 atom stereocenters. The predicted octanol–water partition coefficient (Wildman–Crippen LogP) is 4.28. The topological polar surface area (TPSA) is 193 Å². The van der Waals surface area contributed by atoms with Crippen LogP contribution >= 0.6 is 0 Å². The van der Waals surface area contributed by atoms with Crippen LogP contribution < -0.4 is 5.32 Å². The van der Waals surface area contributed by atoms with Crippen LogP contribution in [0.5, 0.6) is 0 Å². The lowest BCUT2D eigenvalue weighted by Crippen LogP contribution is -2.44. The van der Waals surface area contributed by atoms with E-state index in [1.165, 1.54) is 22.5 Å². The largest absolute Gasteiger partial charge is 0.315 e. The number of benzene rings is 4. The van der Waals surface area contributed by atoms with Crippen molar-refractivity contribution in [3.05, 3.63) is 120 Å². The first-order valence-electron chi connectivity index (χ1n) is 16.5. The highest BCUT2D eigenvalue weighted by atomic mass is 32.2. The molecule has 0 saturated carbocycles. The average molecular weight is 730 g/mol. The van der Waals surface area contributed by atoms with E-state index in [0.717, 1.165) is 33.0 Å². The van der Waals surface area contributed by atoms with Gasteiger partial charge >= 0.3 is 0 Å². The zero-order valence-corrected chi connectivity index (χ0v) is 29.1. The third-order valence-corrected chi connectivity index (χ3v) is 8.89. The van der Waals surface area contributed by atoms with Crippen LogP contribution in [0.2, 0.25) is 0 Å². The van der Waals surface area contributed by atoms with Gasteiger partial charge in [0.2, 0.25) is 0 Å². The summed E-state index contributed by atoms with van der Waals surface area (Å²) in [4.78, 5) is 73.1. The van der Waals surface area contributed by atoms with E-state index in [0.29, 0.717) is 58.8 Å². The maximum absolute atomic E-state index is 13.7. The van der Waals surface area contributed by atoms with Crippen molar-refractivity contribution in [2.24, 2.45) is 0 Å².